The molecule has 5 heteroatoms. The van der Waals surface area contributed by atoms with Crippen LogP contribution in [0.25, 0.3) is 0 Å². The summed E-state index contributed by atoms with van der Waals surface area (Å²) in [6, 6.07) is 0.103. The van der Waals surface area contributed by atoms with E-state index in [2.05, 4.69) is 5.32 Å². The molecule has 1 saturated carbocycles. The maximum Gasteiger partial charge on any atom is 0.407 e. The van der Waals surface area contributed by atoms with E-state index in [0.717, 1.165) is 12.8 Å². The highest BCUT2D eigenvalue weighted by Crippen LogP contribution is 2.37. The third kappa shape index (κ3) is 2.60. The lowest BCUT2D eigenvalue weighted by Crippen LogP contribution is -2.49. The number of likely N-dealkylation sites (tertiary alicyclic amines) is 1. The Bertz CT molecular complexity index is 358. The molecule has 2 atom stereocenters. The summed E-state index contributed by atoms with van der Waals surface area (Å²) < 4.78 is 0. The third-order valence-electron chi connectivity index (χ3n) is 3.79. The Morgan fingerprint density at radius 3 is 2.28 bits per heavy atom. The van der Waals surface area contributed by atoms with Gasteiger partial charge in [-0.25, -0.2) is 4.79 Å². The minimum Gasteiger partial charge on any atom is -0.465 e. The number of amides is 2. The summed E-state index contributed by atoms with van der Waals surface area (Å²) in [5.41, 5.74) is -0.222. The molecular weight excluding hydrogens is 232 g/mol. The Labute approximate surface area is 108 Å². The largest absolute Gasteiger partial charge is 0.465 e. The summed E-state index contributed by atoms with van der Waals surface area (Å²) in [6.45, 7) is 6.45. The number of nitrogens with one attached hydrogen (secondary N) is 1. The molecule has 1 unspecified atom stereocenters. The molecule has 0 radical (unpaired) electrons. The minimum atomic E-state index is -0.920. The predicted molar refractivity (Wildman–Crippen MR) is 67.2 cm³/mol. The zero-order chi connectivity index (χ0) is 13.5. The van der Waals surface area contributed by atoms with Crippen LogP contribution >= 0.6 is 0 Å². The first-order chi connectivity index (χ1) is 8.30. The smallest absolute Gasteiger partial charge is 0.407 e. The first kappa shape index (κ1) is 13.2. The number of rotatable bonds is 2. The number of nitrogens with zero attached hydrogens (tertiary/aromatic N) is 1. The molecule has 2 fully saturated rings. The third-order valence-corrected chi connectivity index (χ3v) is 3.79. The highest BCUT2D eigenvalue weighted by Gasteiger charge is 2.47. The highest BCUT2D eigenvalue weighted by molar-refractivity contribution is 5.81. The molecule has 2 rings (SSSR count). The van der Waals surface area contributed by atoms with Gasteiger partial charge < -0.3 is 15.3 Å². The van der Waals surface area contributed by atoms with Crippen LogP contribution in [0.15, 0.2) is 0 Å². The highest BCUT2D eigenvalue weighted by atomic mass is 16.4. The SMILES string of the molecule is CC(C)(C)C1[C@@H](C(=O)NC2CC2)CCN1C(=O)O. The first-order valence-electron chi connectivity index (χ1n) is 6.60. The Morgan fingerprint density at radius 2 is 1.83 bits per heavy atom. The zero-order valence-electron chi connectivity index (χ0n) is 11.3. The van der Waals surface area contributed by atoms with Gasteiger partial charge in [0.05, 0.1) is 12.0 Å². The molecule has 2 aliphatic rings. The van der Waals surface area contributed by atoms with Crippen molar-refractivity contribution in [1.29, 1.82) is 0 Å². The molecule has 0 bridgehead atoms. The van der Waals surface area contributed by atoms with Crippen molar-refractivity contribution in [2.75, 3.05) is 6.54 Å². The standard InChI is InChI=1S/C13H22N2O3/c1-13(2,3)10-9(6-7-15(10)12(17)18)11(16)14-8-4-5-8/h8-10H,4-7H2,1-3H3,(H,14,16)(H,17,18)/t9-,10?/m0/s1. The molecule has 18 heavy (non-hydrogen) atoms. The normalized spacial score (nSPS) is 28.3. The van der Waals surface area contributed by atoms with Crippen LogP contribution in [0, 0.1) is 11.3 Å². The van der Waals surface area contributed by atoms with Gasteiger partial charge in [-0.2, -0.15) is 0 Å². The van der Waals surface area contributed by atoms with Gasteiger partial charge in [0.15, 0.2) is 0 Å². The van der Waals surface area contributed by atoms with Crippen LogP contribution in [0.1, 0.15) is 40.0 Å². The van der Waals surface area contributed by atoms with Gasteiger partial charge in [0.1, 0.15) is 0 Å². The summed E-state index contributed by atoms with van der Waals surface area (Å²) in [5, 5.41) is 12.2. The summed E-state index contributed by atoms with van der Waals surface area (Å²) in [4.78, 5) is 24.9. The first-order valence-corrected chi connectivity index (χ1v) is 6.60. The molecule has 0 aromatic carbocycles. The van der Waals surface area contributed by atoms with Gasteiger partial charge in [0.2, 0.25) is 5.91 Å². The van der Waals surface area contributed by atoms with Crippen LogP contribution in [0.3, 0.4) is 0 Å². The Kier molecular flexibility index (Phi) is 3.25. The van der Waals surface area contributed by atoms with Crippen molar-refractivity contribution < 1.29 is 14.7 Å². The summed E-state index contributed by atoms with van der Waals surface area (Å²) in [5.74, 6) is -0.178. The molecule has 102 valence electrons. The van der Waals surface area contributed by atoms with Crippen molar-refractivity contribution in [2.24, 2.45) is 11.3 Å². The lowest BCUT2D eigenvalue weighted by Gasteiger charge is -2.36. The Balaban J connectivity index is 2.13. The molecule has 1 aliphatic carbocycles. The average Bonchev–Trinajstić information content (AvgIpc) is 2.92. The summed E-state index contributed by atoms with van der Waals surface area (Å²) >= 11 is 0. The van der Waals surface area contributed by atoms with E-state index >= 15 is 0 Å². The van der Waals surface area contributed by atoms with Crippen LogP contribution in [0.4, 0.5) is 4.79 Å². The number of hydrogen-bond donors (Lipinski definition) is 2. The van der Waals surface area contributed by atoms with Crippen molar-refractivity contribution in [3.8, 4) is 0 Å². The second-order valence-corrected chi connectivity index (χ2v) is 6.46. The van der Waals surface area contributed by atoms with Gasteiger partial charge in [-0.3, -0.25) is 4.79 Å². The van der Waals surface area contributed by atoms with Gasteiger partial charge in [-0.15, -0.1) is 0 Å². The van der Waals surface area contributed by atoms with Gasteiger partial charge in [-0.05, 0) is 24.7 Å². The van der Waals surface area contributed by atoms with Gasteiger partial charge in [0.25, 0.3) is 0 Å². The molecule has 2 amide bonds. The van der Waals surface area contributed by atoms with E-state index in [1.807, 2.05) is 20.8 Å². The lowest BCUT2D eigenvalue weighted by atomic mass is 9.79. The molecule has 1 heterocycles. The lowest BCUT2D eigenvalue weighted by molar-refractivity contribution is -0.126. The second-order valence-electron chi connectivity index (χ2n) is 6.46. The number of carboxylic acid groups (broad SMARTS) is 1. The van der Waals surface area contributed by atoms with Crippen LogP contribution in [0.5, 0.6) is 0 Å². The Morgan fingerprint density at radius 1 is 1.22 bits per heavy atom. The Hall–Kier alpha value is -1.26. The van der Waals surface area contributed by atoms with Crippen LogP contribution in [-0.2, 0) is 4.79 Å². The van der Waals surface area contributed by atoms with Crippen LogP contribution < -0.4 is 5.32 Å². The maximum atomic E-state index is 12.2. The van der Waals surface area contributed by atoms with Crippen molar-refractivity contribution in [3.63, 3.8) is 0 Å². The molecule has 0 spiro atoms. The van der Waals surface area contributed by atoms with Crippen LogP contribution in [0.2, 0.25) is 0 Å². The molecule has 5 nitrogen and oxygen atoms in total. The van der Waals surface area contributed by atoms with Crippen molar-refractivity contribution in [3.05, 3.63) is 0 Å². The molecule has 1 aliphatic heterocycles. The monoisotopic (exact) mass is 254 g/mol. The molecule has 2 N–H and O–H groups in total. The maximum absolute atomic E-state index is 12.2. The topological polar surface area (TPSA) is 69.6 Å². The van der Waals surface area contributed by atoms with E-state index in [1.54, 1.807) is 0 Å². The number of hydrogen-bond acceptors (Lipinski definition) is 2. The fraction of sp³-hybridized carbons (Fsp3) is 0.846. The number of carbonyl (C=O) groups is 2. The molecule has 0 aromatic heterocycles. The van der Waals surface area contributed by atoms with Crippen LogP contribution in [-0.4, -0.2) is 40.6 Å². The zero-order valence-corrected chi connectivity index (χ0v) is 11.3. The van der Waals surface area contributed by atoms with E-state index < -0.39 is 6.09 Å². The fourth-order valence-corrected chi connectivity index (χ4v) is 2.89. The predicted octanol–water partition coefficient (Wildman–Crippen LogP) is 1.68. The van der Waals surface area contributed by atoms with Gasteiger partial charge in [0, 0.05) is 12.6 Å². The van der Waals surface area contributed by atoms with Gasteiger partial charge in [-0.1, -0.05) is 20.8 Å². The van der Waals surface area contributed by atoms with Crippen molar-refractivity contribution in [1.82, 2.24) is 10.2 Å². The van der Waals surface area contributed by atoms with Crippen molar-refractivity contribution >= 4 is 12.0 Å². The molecule has 0 aromatic rings. The molecule has 1 saturated heterocycles. The summed E-state index contributed by atoms with van der Waals surface area (Å²) in [7, 11) is 0. The van der Waals surface area contributed by atoms with E-state index in [4.69, 9.17) is 0 Å². The van der Waals surface area contributed by atoms with E-state index in [9.17, 15) is 14.7 Å². The van der Waals surface area contributed by atoms with E-state index in [-0.39, 0.29) is 23.3 Å². The minimum absolute atomic E-state index is 0.0289. The van der Waals surface area contributed by atoms with E-state index in [1.165, 1.54) is 4.90 Å². The summed E-state index contributed by atoms with van der Waals surface area (Å²) in [6.07, 6.45) is 1.83. The van der Waals surface area contributed by atoms with Gasteiger partial charge >= 0.3 is 6.09 Å². The average molecular weight is 254 g/mol. The molecular formula is C13H22N2O3. The van der Waals surface area contributed by atoms with E-state index in [0.29, 0.717) is 19.0 Å². The number of carbonyl (C=O) groups excluding carboxylic acids is 1. The fourth-order valence-electron chi connectivity index (χ4n) is 2.89. The van der Waals surface area contributed by atoms with Crippen molar-refractivity contribution in [2.45, 2.75) is 52.1 Å². The quantitative estimate of drug-likeness (QED) is 0.787. The second kappa shape index (κ2) is 4.44.